The van der Waals surface area contributed by atoms with Gasteiger partial charge in [-0.1, -0.05) is 48.9 Å². The predicted molar refractivity (Wildman–Crippen MR) is 127 cm³/mol. The summed E-state index contributed by atoms with van der Waals surface area (Å²) in [5.74, 6) is -0.0924. The lowest BCUT2D eigenvalue weighted by molar-refractivity contribution is -0.118. The minimum atomic E-state index is -0.0924. The van der Waals surface area contributed by atoms with Crippen LogP contribution in [0.3, 0.4) is 0 Å². The van der Waals surface area contributed by atoms with E-state index in [0.29, 0.717) is 17.4 Å². The van der Waals surface area contributed by atoms with Crippen molar-refractivity contribution in [3.63, 3.8) is 0 Å². The van der Waals surface area contributed by atoms with E-state index in [1.165, 1.54) is 13.3 Å². The predicted octanol–water partition coefficient (Wildman–Crippen LogP) is 4.85. The average molecular weight is 439 g/mol. The number of hydrogen-bond donors (Lipinski definition) is 4. The van der Waals surface area contributed by atoms with Crippen LogP contribution in [-0.4, -0.2) is 26.2 Å². The van der Waals surface area contributed by atoms with Crippen molar-refractivity contribution in [2.24, 2.45) is 5.18 Å². The van der Waals surface area contributed by atoms with E-state index in [-0.39, 0.29) is 5.91 Å². The molecule has 0 bridgehead atoms. The number of rotatable bonds is 7. The molecule has 1 aromatic carbocycles. The molecular formula is C21H31ClN4O2S. The Labute approximate surface area is 184 Å². The van der Waals surface area contributed by atoms with Crippen LogP contribution in [0.4, 0.5) is 0 Å². The fraction of sp³-hybridized carbons (Fsp3) is 0.381. The molecule has 0 aromatic heterocycles. The second-order valence-electron chi connectivity index (χ2n) is 5.91. The number of hydrogen-bond acceptors (Lipinski definition) is 6. The Morgan fingerprint density at radius 3 is 2.41 bits per heavy atom. The number of carbonyl (C=O) groups excluding carboxylic acids is 1. The van der Waals surface area contributed by atoms with Gasteiger partial charge in [-0.15, -0.1) is 17.5 Å². The lowest BCUT2D eigenvalue weighted by Gasteiger charge is -2.12. The van der Waals surface area contributed by atoms with Gasteiger partial charge >= 0.3 is 0 Å². The number of nitrogens with one attached hydrogen (secondary N) is 3. The zero-order valence-corrected chi connectivity index (χ0v) is 18.9. The first-order valence-corrected chi connectivity index (χ1v) is 10.3. The van der Waals surface area contributed by atoms with Crippen molar-refractivity contribution in [3.05, 3.63) is 69.1 Å². The largest absolute Gasteiger partial charge is 0.367 e. The van der Waals surface area contributed by atoms with Gasteiger partial charge < -0.3 is 16.0 Å². The molecule has 0 saturated heterocycles. The van der Waals surface area contributed by atoms with Gasteiger partial charge in [0, 0.05) is 17.5 Å². The van der Waals surface area contributed by atoms with E-state index in [4.69, 9.17) is 11.6 Å². The first kappa shape index (κ1) is 26.9. The van der Waals surface area contributed by atoms with Crippen molar-refractivity contribution in [2.45, 2.75) is 33.1 Å². The van der Waals surface area contributed by atoms with Crippen LogP contribution in [0.1, 0.15) is 38.7 Å². The van der Waals surface area contributed by atoms with Crippen LogP contribution in [0, 0.1) is 4.91 Å². The Morgan fingerprint density at radius 2 is 2.00 bits per heavy atom. The first-order valence-electron chi connectivity index (χ1n) is 9.42. The maximum Gasteiger partial charge on any atom is 0.218 e. The topological polar surface area (TPSA) is 82.6 Å². The van der Waals surface area contributed by atoms with Crippen molar-refractivity contribution in [2.75, 3.05) is 20.3 Å². The monoisotopic (exact) mass is 438 g/mol. The van der Waals surface area contributed by atoms with E-state index in [2.05, 4.69) is 40.7 Å². The number of halogens is 1. The van der Waals surface area contributed by atoms with Gasteiger partial charge in [0.05, 0.1) is 12.4 Å². The molecule has 1 aliphatic carbocycles. The van der Waals surface area contributed by atoms with Gasteiger partial charge in [0.25, 0.3) is 0 Å². The molecule has 6 nitrogen and oxygen atoms in total. The van der Waals surface area contributed by atoms with Crippen molar-refractivity contribution in [1.29, 1.82) is 0 Å². The normalized spacial score (nSPS) is 12.4. The summed E-state index contributed by atoms with van der Waals surface area (Å²) < 4.78 is 0. The van der Waals surface area contributed by atoms with Gasteiger partial charge in [0.1, 0.15) is 5.70 Å². The Bertz CT molecular complexity index is 704. The highest BCUT2D eigenvalue weighted by atomic mass is 35.5. The van der Waals surface area contributed by atoms with E-state index in [0.717, 1.165) is 30.6 Å². The van der Waals surface area contributed by atoms with Crippen molar-refractivity contribution >= 4 is 35.8 Å². The zero-order valence-electron chi connectivity index (χ0n) is 17.2. The summed E-state index contributed by atoms with van der Waals surface area (Å²) in [6.07, 6.45) is 8.77. The van der Waals surface area contributed by atoms with E-state index in [1.54, 1.807) is 17.6 Å². The maximum atomic E-state index is 10.7. The third-order valence-electron chi connectivity index (χ3n) is 3.49. The first-order chi connectivity index (χ1) is 14.0. The van der Waals surface area contributed by atoms with Crippen molar-refractivity contribution in [1.82, 2.24) is 16.0 Å². The Kier molecular flexibility index (Phi) is 16.7. The molecular weight excluding hydrogens is 408 g/mol. The minimum absolute atomic E-state index is 0.0924. The van der Waals surface area contributed by atoms with Crippen LogP contribution < -0.4 is 16.0 Å². The van der Waals surface area contributed by atoms with Crippen LogP contribution in [0.5, 0.6) is 0 Å². The molecule has 1 amide bonds. The Balaban J connectivity index is 0.000000498. The molecule has 0 aliphatic heterocycles. The minimum Gasteiger partial charge on any atom is -0.367 e. The van der Waals surface area contributed by atoms with Gasteiger partial charge in [-0.2, -0.15) is 0 Å². The molecule has 0 saturated carbocycles. The third kappa shape index (κ3) is 13.7. The molecule has 1 aromatic rings. The third-order valence-corrected chi connectivity index (χ3v) is 4.08. The second-order valence-corrected chi connectivity index (χ2v) is 6.58. The van der Waals surface area contributed by atoms with E-state index >= 15 is 0 Å². The van der Waals surface area contributed by atoms with Gasteiger partial charge in [-0.25, -0.2) is 0 Å². The molecule has 3 N–H and O–H groups in total. The SMILES string of the molecule is CC(=O)NCN/C(=C\S)c1ccccc1Cl.CCCNC.O=NC1=CCCC=C1. The summed E-state index contributed by atoms with van der Waals surface area (Å²) in [6, 6.07) is 7.42. The molecule has 1 aliphatic rings. The molecule has 0 spiro atoms. The number of nitrogens with zero attached hydrogens (tertiary/aromatic N) is 1. The summed E-state index contributed by atoms with van der Waals surface area (Å²) >= 11 is 10.1. The lowest BCUT2D eigenvalue weighted by atomic mass is 10.2. The van der Waals surface area contributed by atoms with Gasteiger partial charge in [0.15, 0.2) is 0 Å². The fourth-order valence-corrected chi connectivity index (χ4v) is 2.54. The highest BCUT2D eigenvalue weighted by Crippen LogP contribution is 2.21. The van der Waals surface area contributed by atoms with Crippen LogP contribution >= 0.6 is 24.2 Å². The van der Waals surface area contributed by atoms with Gasteiger partial charge in [-0.05, 0) is 55.6 Å². The lowest BCUT2D eigenvalue weighted by Crippen LogP contribution is -2.31. The zero-order chi connectivity index (χ0) is 21.9. The quantitative estimate of drug-likeness (QED) is 0.278. The summed E-state index contributed by atoms with van der Waals surface area (Å²) in [6.45, 7) is 5.09. The molecule has 0 radical (unpaired) electrons. The number of amides is 1. The second kappa shape index (κ2) is 18.0. The number of carbonyl (C=O) groups is 1. The van der Waals surface area contributed by atoms with E-state index < -0.39 is 0 Å². The molecule has 0 atom stereocenters. The van der Waals surface area contributed by atoms with E-state index in [1.807, 2.05) is 37.4 Å². The highest BCUT2D eigenvalue weighted by molar-refractivity contribution is 7.83. The standard InChI is InChI=1S/C11H13ClN2OS.C6H7NO.C4H11N/c1-8(15)13-7-14-11(6-16)9-4-2-3-5-10(9)12;8-7-6-4-2-1-3-5-6;1-3-4-5-2/h2-6,14,16H,7H2,1H3,(H,13,15);2,4-5H,1,3H2;5H,3-4H2,1-2H3/b11-6-;;. The molecule has 0 fully saturated rings. The van der Waals surface area contributed by atoms with Crippen LogP contribution in [-0.2, 0) is 4.79 Å². The highest BCUT2D eigenvalue weighted by Gasteiger charge is 2.04. The number of benzene rings is 1. The van der Waals surface area contributed by atoms with E-state index in [9.17, 15) is 9.70 Å². The molecule has 160 valence electrons. The van der Waals surface area contributed by atoms with Crippen LogP contribution in [0.15, 0.2) is 58.8 Å². The van der Waals surface area contributed by atoms with Crippen molar-refractivity contribution < 1.29 is 4.79 Å². The molecule has 0 unspecified atom stereocenters. The van der Waals surface area contributed by atoms with Gasteiger partial charge in [-0.3, -0.25) is 4.79 Å². The maximum absolute atomic E-state index is 10.7. The summed E-state index contributed by atoms with van der Waals surface area (Å²) in [7, 11) is 1.96. The van der Waals surface area contributed by atoms with Crippen LogP contribution in [0.2, 0.25) is 5.02 Å². The number of allylic oxidation sites excluding steroid dienone is 3. The number of thiol groups is 1. The smallest absolute Gasteiger partial charge is 0.218 e. The number of nitroso groups, excluding NO2 is 1. The average Bonchev–Trinajstić information content (AvgIpc) is 2.74. The van der Waals surface area contributed by atoms with Crippen LogP contribution in [0.25, 0.3) is 5.70 Å². The summed E-state index contributed by atoms with van der Waals surface area (Å²) in [4.78, 5) is 20.5. The summed E-state index contributed by atoms with van der Waals surface area (Å²) in [5, 5.41) is 13.7. The molecule has 0 heterocycles. The molecule has 29 heavy (non-hydrogen) atoms. The molecule has 8 heteroatoms. The van der Waals surface area contributed by atoms with Gasteiger partial charge in [0.2, 0.25) is 5.91 Å². The van der Waals surface area contributed by atoms with Crippen molar-refractivity contribution in [3.8, 4) is 0 Å². The summed E-state index contributed by atoms with van der Waals surface area (Å²) in [5.41, 5.74) is 2.18. The molecule has 2 rings (SSSR count). The Morgan fingerprint density at radius 1 is 1.28 bits per heavy atom. The Hall–Kier alpha value is -2.09. The fourth-order valence-electron chi connectivity index (χ4n) is 2.07.